The van der Waals surface area contributed by atoms with Crippen LogP contribution in [-0.4, -0.2) is 30.5 Å². The Morgan fingerprint density at radius 3 is 2.21 bits per heavy atom. The van der Waals surface area contributed by atoms with E-state index >= 15 is 0 Å². The lowest BCUT2D eigenvalue weighted by molar-refractivity contribution is -0.123. The van der Waals surface area contributed by atoms with Crippen molar-refractivity contribution in [1.29, 1.82) is 0 Å². The highest BCUT2D eigenvalue weighted by molar-refractivity contribution is 5.97. The molecule has 7 nitrogen and oxygen atoms in total. The number of carbonyl (C=O) groups excluding carboxylic acids is 3. The molecule has 28 heavy (non-hydrogen) atoms. The second kappa shape index (κ2) is 10.1. The molecule has 2 N–H and O–H groups in total. The van der Waals surface area contributed by atoms with E-state index in [0.29, 0.717) is 30.2 Å². The van der Waals surface area contributed by atoms with Crippen LogP contribution in [0.15, 0.2) is 48.5 Å². The van der Waals surface area contributed by atoms with Gasteiger partial charge < -0.3 is 20.1 Å². The van der Waals surface area contributed by atoms with Crippen LogP contribution in [0, 0.1) is 0 Å². The van der Waals surface area contributed by atoms with Crippen LogP contribution >= 0.6 is 0 Å². The monoisotopic (exact) mass is 384 g/mol. The van der Waals surface area contributed by atoms with Gasteiger partial charge in [-0.25, -0.2) is 4.79 Å². The second-order valence-electron chi connectivity index (χ2n) is 6.10. The molecule has 0 aliphatic heterocycles. The number of nitrogens with one attached hydrogen (secondary N) is 2. The van der Waals surface area contributed by atoms with E-state index in [1.807, 2.05) is 6.92 Å². The molecule has 0 bridgehead atoms. The Bertz CT molecular complexity index is 816. The Hall–Kier alpha value is -3.35. The molecule has 0 aromatic heterocycles. The normalized spacial score (nSPS) is 11.2. The van der Waals surface area contributed by atoms with Crippen molar-refractivity contribution in [2.24, 2.45) is 0 Å². The summed E-state index contributed by atoms with van der Waals surface area (Å²) >= 11 is 0. The molecule has 2 aromatic rings. The van der Waals surface area contributed by atoms with Crippen LogP contribution in [0.1, 0.15) is 36.7 Å². The third-order valence-electron chi connectivity index (χ3n) is 3.82. The van der Waals surface area contributed by atoms with Crippen LogP contribution in [0.25, 0.3) is 0 Å². The quantitative estimate of drug-likeness (QED) is 0.683. The van der Waals surface area contributed by atoms with Gasteiger partial charge in [0, 0.05) is 19.2 Å². The van der Waals surface area contributed by atoms with Crippen LogP contribution in [0.4, 0.5) is 5.69 Å². The molecule has 2 aromatic carbocycles. The molecular formula is C21H24N2O5. The van der Waals surface area contributed by atoms with E-state index in [1.54, 1.807) is 48.5 Å². The summed E-state index contributed by atoms with van der Waals surface area (Å²) in [5, 5.41) is 5.37. The van der Waals surface area contributed by atoms with Crippen molar-refractivity contribution in [2.75, 3.05) is 11.9 Å². The molecule has 1 unspecified atom stereocenters. The zero-order valence-corrected chi connectivity index (χ0v) is 16.2. The zero-order valence-electron chi connectivity index (χ0n) is 16.2. The Morgan fingerprint density at radius 2 is 1.64 bits per heavy atom. The van der Waals surface area contributed by atoms with Crippen LogP contribution in [0.5, 0.6) is 5.75 Å². The van der Waals surface area contributed by atoms with Gasteiger partial charge in [-0.05, 0) is 55.8 Å². The van der Waals surface area contributed by atoms with Gasteiger partial charge in [-0.1, -0.05) is 12.1 Å². The number of anilines is 1. The molecule has 0 aliphatic carbocycles. The highest BCUT2D eigenvalue weighted by Gasteiger charge is 2.19. The van der Waals surface area contributed by atoms with E-state index in [-0.39, 0.29) is 5.91 Å². The van der Waals surface area contributed by atoms with Crippen molar-refractivity contribution in [3.05, 3.63) is 59.7 Å². The first kappa shape index (κ1) is 21.0. The fourth-order valence-electron chi connectivity index (χ4n) is 2.31. The minimum absolute atomic E-state index is 0.129. The average Bonchev–Trinajstić information content (AvgIpc) is 2.68. The number of hydrogen-bond acceptors (Lipinski definition) is 5. The first-order valence-corrected chi connectivity index (χ1v) is 8.97. The van der Waals surface area contributed by atoms with Crippen LogP contribution in [-0.2, 0) is 20.9 Å². The van der Waals surface area contributed by atoms with Crippen molar-refractivity contribution in [3.63, 3.8) is 0 Å². The lowest BCUT2D eigenvalue weighted by Gasteiger charge is -2.14. The van der Waals surface area contributed by atoms with Gasteiger partial charge in [0.15, 0.2) is 6.10 Å². The number of carbonyl (C=O) groups is 3. The third kappa shape index (κ3) is 6.42. The molecule has 0 heterocycles. The maximum absolute atomic E-state index is 12.2. The van der Waals surface area contributed by atoms with Gasteiger partial charge in [0.05, 0.1) is 12.2 Å². The smallest absolute Gasteiger partial charge is 0.338 e. The molecule has 0 saturated heterocycles. The van der Waals surface area contributed by atoms with E-state index in [0.717, 1.165) is 5.56 Å². The zero-order chi connectivity index (χ0) is 20.5. The van der Waals surface area contributed by atoms with Crippen molar-refractivity contribution >= 4 is 23.5 Å². The molecule has 0 radical (unpaired) electrons. The summed E-state index contributed by atoms with van der Waals surface area (Å²) in [7, 11) is 0. The van der Waals surface area contributed by atoms with Gasteiger partial charge in [0.1, 0.15) is 5.75 Å². The Labute approximate surface area is 164 Å². The minimum atomic E-state index is -0.960. The lowest BCUT2D eigenvalue weighted by atomic mass is 10.1. The highest BCUT2D eigenvalue weighted by atomic mass is 16.5. The average molecular weight is 384 g/mol. The maximum atomic E-state index is 12.2. The number of hydrogen-bond donors (Lipinski definition) is 2. The standard InChI is InChI=1S/C21H24N2O5/c1-4-27-19-11-9-18(10-12-19)23-20(25)14(2)28-21(26)17-7-5-16(6-8-17)13-22-15(3)24/h5-12,14H,4,13H2,1-3H3,(H,22,24)(H,23,25). The first-order chi connectivity index (χ1) is 13.4. The first-order valence-electron chi connectivity index (χ1n) is 8.97. The van der Waals surface area contributed by atoms with Crippen LogP contribution in [0.3, 0.4) is 0 Å². The summed E-state index contributed by atoms with van der Waals surface area (Å²) in [4.78, 5) is 35.4. The number of benzene rings is 2. The van der Waals surface area contributed by atoms with Crippen molar-refractivity contribution < 1.29 is 23.9 Å². The van der Waals surface area contributed by atoms with E-state index in [9.17, 15) is 14.4 Å². The van der Waals surface area contributed by atoms with Crippen LogP contribution < -0.4 is 15.4 Å². The molecule has 148 valence electrons. The number of amides is 2. The van der Waals surface area contributed by atoms with Gasteiger partial charge in [-0.15, -0.1) is 0 Å². The lowest BCUT2D eigenvalue weighted by Crippen LogP contribution is -2.30. The summed E-state index contributed by atoms with van der Waals surface area (Å²) in [6, 6.07) is 13.6. The molecule has 0 fully saturated rings. The number of rotatable bonds is 8. The molecule has 0 saturated carbocycles. The van der Waals surface area contributed by atoms with Crippen molar-refractivity contribution in [2.45, 2.75) is 33.4 Å². The largest absolute Gasteiger partial charge is 0.494 e. The van der Waals surface area contributed by atoms with Crippen molar-refractivity contribution in [1.82, 2.24) is 5.32 Å². The van der Waals surface area contributed by atoms with Crippen molar-refractivity contribution in [3.8, 4) is 5.75 Å². The van der Waals surface area contributed by atoms with Gasteiger partial charge >= 0.3 is 5.97 Å². The van der Waals surface area contributed by atoms with E-state index in [1.165, 1.54) is 13.8 Å². The Morgan fingerprint density at radius 1 is 1.00 bits per heavy atom. The SMILES string of the molecule is CCOc1ccc(NC(=O)C(C)OC(=O)c2ccc(CNC(C)=O)cc2)cc1. The Kier molecular flexibility index (Phi) is 7.56. The number of esters is 1. The van der Waals surface area contributed by atoms with E-state index in [2.05, 4.69) is 10.6 Å². The highest BCUT2D eigenvalue weighted by Crippen LogP contribution is 2.16. The summed E-state index contributed by atoms with van der Waals surface area (Å²) in [5.41, 5.74) is 1.76. The molecule has 0 spiro atoms. The molecule has 2 rings (SSSR count). The van der Waals surface area contributed by atoms with Gasteiger partial charge in [-0.3, -0.25) is 9.59 Å². The predicted octanol–water partition coefficient (Wildman–Crippen LogP) is 2.91. The Balaban J connectivity index is 1.88. The van der Waals surface area contributed by atoms with E-state index in [4.69, 9.17) is 9.47 Å². The van der Waals surface area contributed by atoms with Crippen LogP contribution in [0.2, 0.25) is 0 Å². The molecule has 2 amide bonds. The van der Waals surface area contributed by atoms with Gasteiger partial charge in [-0.2, -0.15) is 0 Å². The van der Waals surface area contributed by atoms with E-state index < -0.39 is 18.0 Å². The summed E-state index contributed by atoms with van der Waals surface area (Å²) in [5.74, 6) is -0.446. The van der Waals surface area contributed by atoms with Gasteiger partial charge in [0.25, 0.3) is 5.91 Å². The molecule has 7 heteroatoms. The molecule has 0 aliphatic rings. The maximum Gasteiger partial charge on any atom is 0.338 e. The number of ether oxygens (including phenoxy) is 2. The topological polar surface area (TPSA) is 93.7 Å². The summed E-state index contributed by atoms with van der Waals surface area (Å²) in [6.07, 6.45) is -0.960. The molecular weight excluding hydrogens is 360 g/mol. The summed E-state index contributed by atoms with van der Waals surface area (Å²) < 4.78 is 10.6. The predicted molar refractivity (Wildman–Crippen MR) is 105 cm³/mol. The van der Waals surface area contributed by atoms with Gasteiger partial charge in [0.2, 0.25) is 5.91 Å². The minimum Gasteiger partial charge on any atom is -0.494 e. The third-order valence-corrected chi connectivity index (χ3v) is 3.82. The second-order valence-corrected chi connectivity index (χ2v) is 6.10. The molecule has 1 atom stereocenters. The fraction of sp³-hybridized carbons (Fsp3) is 0.286. The fourth-order valence-corrected chi connectivity index (χ4v) is 2.31. The summed E-state index contributed by atoms with van der Waals surface area (Å²) in [6.45, 7) is 5.78.